The van der Waals surface area contributed by atoms with E-state index in [4.69, 9.17) is 0 Å². The van der Waals surface area contributed by atoms with Gasteiger partial charge in [0.05, 0.1) is 0 Å². The van der Waals surface area contributed by atoms with E-state index < -0.39 is 0 Å². The van der Waals surface area contributed by atoms with Crippen LogP contribution in [0, 0.1) is 5.41 Å². The molecule has 88 valence electrons. The molecule has 1 N–H and O–H groups in total. The number of aromatic nitrogens is 2. The van der Waals surface area contributed by atoms with Crippen molar-refractivity contribution >= 4 is 11.3 Å². The summed E-state index contributed by atoms with van der Waals surface area (Å²) in [5, 5.41) is 14.6. The van der Waals surface area contributed by atoms with E-state index in [1.807, 2.05) is 11.3 Å². The average molecular weight is 237 g/mol. The first-order valence-corrected chi connectivity index (χ1v) is 7.02. The minimum Gasteiger partial charge on any atom is -0.314 e. The van der Waals surface area contributed by atoms with Crippen molar-refractivity contribution < 1.29 is 0 Å². The molecule has 3 rings (SSSR count). The molecule has 16 heavy (non-hydrogen) atoms. The summed E-state index contributed by atoms with van der Waals surface area (Å²) in [7, 11) is 0. The lowest BCUT2D eigenvalue weighted by Crippen LogP contribution is -2.19. The second-order valence-corrected chi connectivity index (χ2v) is 6.85. The Morgan fingerprint density at radius 2 is 2.12 bits per heavy atom. The van der Waals surface area contributed by atoms with Gasteiger partial charge in [-0.25, -0.2) is 0 Å². The Hall–Kier alpha value is -0.480. The fourth-order valence-corrected chi connectivity index (χ4v) is 3.22. The van der Waals surface area contributed by atoms with Crippen LogP contribution in [-0.4, -0.2) is 22.8 Å². The maximum Gasteiger partial charge on any atom is 0.121 e. The van der Waals surface area contributed by atoms with Crippen molar-refractivity contribution in [3.05, 3.63) is 10.0 Å². The van der Waals surface area contributed by atoms with Gasteiger partial charge in [0.1, 0.15) is 10.0 Å². The number of rotatable bonds is 5. The van der Waals surface area contributed by atoms with Crippen molar-refractivity contribution in [2.75, 3.05) is 6.54 Å². The van der Waals surface area contributed by atoms with Crippen LogP contribution in [0.1, 0.15) is 49.0 Å². The summed E-state index contributed by atoms with van der Waals surface area (Å²) >= 11 is 1.82. The summed E-state index contributed by atoms with van der Waals surface area (Å²) in [5.74, 6) is 0.676. The Morgan fingerprint density at radius 3 is 2.75 bits per heavy atom. The maximum absolute atomic E-state index is 4.33. The van der Waals surface area contributed by atoms with Crippen molar-refractivity contribution in [2.24, 2.45) is 5.41 Å². The second kappa shape index (κ2) is 3.77. The van der Waals surface area contributed by atoms with Crippen molar-refractivity contribution in [2.45, 2.75) is 51.5 Å². The zero-order chi connectivity index (χ0) is 11.2. The van der Waals surface area contributed by atoms with Gasteiger partial charge in [-0.1, -0.05) is 13.8 Å². The molecule has 2 aliphatic rings. The Labute approximate surface area is 101 Å². The molecule has 0 saturated heterocycles. The molecule has 1 atom stereocenters. The van der Waals surface area contributed by atoms with Gasteiger partial charge >= 0.3 is 0 Å². The van der Waals surface area contributed by atoms with E-state index in [0.717, 1.165) is 19.0 Å². The van der Waals surface area contributed by atoms with E-state index in [0.29, 0.717) is 11.3 Å². The van der Waals surface area contributed by atoms with Crippen molar-refractivity contribution in [3.8, 4) is 0 Å². The van der Waals surface area contributed by atoms with Crippen LogP contribution < -0.4 is 5.32 Å². The van der Waals surface area contributed by atoms with Gasteiger partial charge in [-0.2, -0.15) is 0 Å². The van der Waals surface area contributed by atoms with Crippen molar-refractivity contribution in [1.29, 1.82) is 0 Å². The minimum atomic E-state index is 0.475. The normalized spacial score (nSPS) is 27.0. The molecule has 3 nitrogen and oxygen atoms in total. The molecule has 0 radical (unpaired) electrons. The van der Waals surface area contributed by atoms with Gasteiger partial charge in [0.15, 0.2) is 0 Å². The van der Waals surface area contributed by atoms with E-state index in [2.05, 4.69) is 29.4 Å². The first-order chi connectivity index (χ1) is 7.65. The van der Waals surface area contributed by atoms with E-state index >= 15 is 0 Å². The molecule has 1 unspecified atom stereocenters. The topological polar surface area (TPSA) is 37.8 Å². The van der Waals surface area contributed by atoms with Crippen LogP contribution in [0.15, 0.2) is 0 Å². The fraction of sp³-hybridized carbons (Fsp3) is 0.833. The molecule has 1 aromatic rings. The molecule has 2 saturated carbocycles. The molecular formula is C12H19N3S. The average Bonchev–Trinajstić information content (AvgIpc) is 3.09. The van der Waals surface area contributed by atoms with E-state index in [-0.39, 0.29) is 0 Å². The highest BCUT2D eigenvalue weighted by atomic mass is 32.1. The lowest BCUT2D eigenvalue weighted by Gasteiger charge is -1.98. The molecule has 4 heteroatoms. The van der Waals surface area contributed by atoms with E-state index in [9.17, 15) is 0 Å². The molecule has 1 aromatic heterocycles. The van der Waals surface area contributed by atoms with E-state index in [1.54, 1.807) is 0 Å². The first kappa shape index (κ1) is 10.7. The third-order valence-corrected chi connectivity index (χ3v) is 4.74. The molecule has 2 aliphatic carbocycles. The zero-order valence-corrected chi connectivity index (χ0v) is 10.8. The van der Waals surface area contributed by atoms with Crippen molar-refractivity contribution in [1.82, 2.24) is 15.5 Å². The Bertz CT molecular complexity index is 381. The van der Waals surface area contributed by atoms with E-state index in [1.165, 1.54) is 29.3 Å². The summed E-state index contributed by atoms with van der Waals surface area (Å²) in [6.07, 6.45) is 5.04. The molecule has 0 bridgehead atoms. The lowest BCUT2D eigenvalue weighted by atomic mass is 10.1. The van der Waals surface area contributed by atoms with Crippen LogP contribution in [-0.2, 0) is 6.42 Å². The highest BCUT2D eigenvalue weighted by molar-refractivity contribution is 7.11. The third kappa shape index (κ3) is 2.28. The molecule has 0 aliphatic heterocycles. The van der Waals surface area contributed by atoms with Crippen LogP contribution in [0.3, 0.4) is 0 Å². The first-order valence-electron chi connectivity index (χ1n) is 6.21. The Balaban J connectivity index is 1.52. The van der Waals surface area contributed by atoms with Gasteiger partial charge in [-0.15, -0.1) is 21.5 Å². The summed E-state index contributed by atoms with van der Waals surface area (Å²) in [5.41, 5.74) is 0.475. The highest BCUT2D eigenvalue weighted by Crippen LogP contribution is 2.58. The largest absolute Gasteiger partial charge is 0.314 e. The van der Waals surface area contributed by atoms with Crippen LogP contribution in [0.5, 0.6) is 0 Å². The Morgan fingerprint density at radius 1 is 1.38 bits per heavy atom. The van der Waals surface area contributed by atoms with Gasteiger partial charge in [0, 0.05) is 24.9 Å². The molecule has 2 fully saturated rings. The van der Waals surface area contributed by atoms with Gasteiger partial charge in [-0.3, -0.25) is 0 Å². The highest BCUT2D eigenvalue weighted by Gasteiger charge is 2.48. The van der Waals surface area contributed by atoms with Crippen molar-refractivity contribution in [3.63, 3.8) is 0 Å². The van der Waals surface area contributed by atoms with Crippen LogP contribution in [0.25, 0.3) is 0 Å². The second-order valence-electron chi connectivity index (χ2n) is 5.76. The molecule has 0 amide bonds. The number of hydrogen-bond acceptors (Lipinski definition) is 4. The predicted molar refractivity (Wildman–Crippen MR) is 65.8 cm³/mol. The predicted octanol–water partition coefficient (Wildman–Crippen LogP) is 2.35. The SMILES string of the molecule is CC1(C)CC1c1nnc(CCNC2CC2)s1. The summed E-state index contributed by atoms with van der Waals surface area (Å²) < 4.78 is 0. The zero-order valence-electron chi connectivity index (χ0n) is 9.99. The molecule has 0 spiro atoms. The van der Waals surface area contributed by atoms with Crippen LogP contribution in [0.4, 0.5) is 0 Å². The van der Waals surface area contributed by atoms with Gasteiger partial charge in [0.2, 0.25) is 0 Å². The number of nitrogens with one attached hydrogen (secondary N) is 1. The van der Waals surface area contributed by atoms with Gasteiger partial charge < -0.3 is 5.32 Å². The lowest BCUT2D eigenvalue weighted by molar-refractivity contribution is 0.618. The molecule has 0 aromatic carbocycles. The smallest absolute Gasteiger partial charge is 0.121 e. The van der Waals surface area contributed by atoms with Crippen LogP contribution in [0.2, 0.25) is 0 Å². The minimum absolute atomic E-state index is 0.475. The monoisotopic (exact) mass is 237 g/mol. The van der Waals surface area contributed by atoms with Crippen LogP contribution >= 0.6 is 11.3 Å². The number of hydrogen-bond donors (Lipinski definition) is 1. The Kier molecular flexibility index (Phi) is 2.51. The third-order valence-electron chi connectivity index (χ3n) is 3.64. The quantitative estimate of drug-likeness (QED) is 0.854. The summed E-state index contributed by atoms with van der Waals surface area (Å²) in [6, 6.07) is 0.801. The number of nitrogens with zero attached hydrogens (tertiary/aromatic N) is 2. The fourth-order valence-electron chi connectivity index (χ4n) is 2.07. The van der Waals surface area contributed by atoms with Gasteiger partial charge in [0.25, 0.3) is 0 Å². The van der Waals surface area contributed by atoms with Gasteiger partial charge in [-0.05, 0) is 24.7 Å². The molecular weight excluding hydrogens is 218 g/mol. The maximum atomic E-state index is 4.33. The summed E-state index contributed by atoms with van der Waals surface area (Å²) in [4.78, 5) is 0. The summed E-state index contributed by atoms with van der Waals surface area (Å²) in [6.45, 7) is 5.69. The standard InChI is InChI=1S/C12H19N3S/c1-12(2)7-9(12)11-15-14-10(16-11)5-6-13-8-3-4-8/h8-9,13H,3-7H2,1-2H3. The molecule has 1 heterocycles.